The van der Waals surface area contributed by atoms with E-state index in [4.69, 9.17) is 21.1 Å². The maximum absolute atomic E-state index is 13.9. The molecule has 1 aliphatic heterocycles. The summed E-state index contributed by atoms with van der Waals surface area (Å²) in [7, 11) is 0. The summed E-state index contributed by atoms with van der Waals surface area (Å²) in [5.41, 5.74) is -0.754. The van der Waals surface area contributed by atoms with E-state index in [-0.39, 0.29) is 16.3 Å². The Morgan fingerprint density at radius 2 is 2.04 bits per heavy atom. The van der Waals surface area contributed by atoms with Gasteiger partial charge in [0.2, 0.25) is 5.95 Å². The highest BCUT2D eigenvalue weighted by Crippen LogP contribution is 2.37. The number of aromatic nitrogens is 1. The fraction of sp³-hybridized carbons (Fsp3) is 0.684. The van der Waals surface area contributed by atoms with Crippen LogP contribution in [0.2, 0.25) is 5.02 Å². The lowest BCUT2D eigenvalue weighted by Gasteiger charge is -2.41. The van der Waals surface area contributed by atoms with E-state index in [0.29, 0.717) is 19.8 Å². The van der Waals surface area contributed by atoms with Crippen LogP contribution in [0, 0.1) is 11.4 Å². The van der Waals surface area contributed by atoms with Crippen molar-refractivity contribution in [1.82, 2.24) is 4.98 Å². The number of carbonyl (C=O) groups is 1. The molecule has 7 heteroatoms. The van der Waals surface area contributed by atoms with Crippen LogP contribution in [0.1, 0.15) is 53.4 Å². The Labute approximate surface area is 159 Å². The van der Waals surface area contributed by atoms with Gasteiger partial charge in [0.25, 0.3) is 0 Å². The van der Waals surface area contributed by atoms with Crippen molar-refractivity contribution in [2.45, 2.75) is 59.0 Å². The van der Waals surface area contributed by atoms with E-state index in [9.17, 15) is 9.18 Å². The SMILES string of the molecule is CCCC1(CN(C(=O)OC(C)(C)C)c2ccc(Cl)c(F)n2)CCOCC1. The summed E-state index contributed by atoms with van der Waals surface area (Å²) in [5, 5.41) is -0.0766. The Hall–Kier alpha value is -1.40. The van der Waals surface area contributed by atoms with E-state index in [1.807, 2.05) is 0 Å². The number of ether oxygens (including phenoxy) is 2. The molecule has 0 aliphatic carbocycles. The Morgan fingerprint density at radius 3 is 2.58 bits per heavy atom. The van der Waals surface area contributed by atoms with Gasteiger partial charge in [0.15, 0.2) is 0 Å². The summed E-state index contributed by atoms with van der Waals surface area (Å²) in [5.74, 6) is -0.586. The van der Waals surface area contributed by atoms with Gasteiger partial charge in [0.1, 0.15) is 11.4 Å². The normalized spacial score (nSPS) is 17.0. The fourth-order valence-electron chi connectivity index (χ4n) is 3.27. The highest BCUT2D eigenvalue weighted by molar-refractivity contribution is 6.30. The molecule has 1 amide bonds. The molecular formula is C19H28ClFN2O3. The van der Waals surface area contributed by atoms with Crippen molar-refractivity contribution in [3.8, 4) is 0 Å². The van der Waals surface area contributed by atoms with Crippen LogP contribution in [0.15, 0.2) is 12.1 Å². The highest BCUT2D eigenvalue weighted by Gasteiger charge is 2.37. The number of amides is 1. The van der Waals surface area contributed by atoms with Crippen LogP contribution in [0.3, 0.4) is 0 Å². The van der Waals surface area contributed by atoms with Crippen molar-refractivity contribution < 1.29 is 18.7 Å². The molecule has 0 radical (unpaired) electrons. The average molecular weight is 387 g/mol. The molecule has 146 valence electrons. The molecule has 0 unspecified atom stereocenters. The van der Waals surface area contributed by atoms with E-state index in [0.717, 1.165) is 25.7 Å². The van der Waals surface area contributed by atoms with Gasteiger partial charge in [-0.2, -0.15) is 4.39 Å². The number of anilines is 1. The second-order valence-corrected chi connectivity index (χ2v) is 8.28. The van der Waals surface area contributed by atoms with Gasteiger partial charge in [-0.15, -0.1) is 0 Å². The molecule has 1 saturated heterocycles. The van der Waals surface area contributed by atoms with Gasteiger partial charge in [0, 0.05) is 19.8 Å². The molecule has 1 aromatic rings. The molecule has 1 aliphatic rings. The largest absolute Gasteiger partial charge is 0.443 e. The molecule has 1 fully saturated rings. The predicted octanol–water partition coefficient (Wildman–Crippen LogP) is 5.21. The second kappa shape index (κ2) is 8.53. The first-order valence-corrected chi connectivity index (χ1v) is 9.44. The average Bonchev–Trinajstić information content (AvgIpc) is 2.55. The quantitative estimate of drug-likeness (QED) is 0.651. The lowest BCUT2D eigenvalue weighted by atomic mass is 9.76. The fourth-order valence-corrected chi connectivity index (χ4v) is 3.38. The van der Waals surface area contributed by atoms with Crippen LogP contribution in [0.5, 0.6) is 0 Å². The molecule has 2 heterocycles. The van der Waals surface area contributed by atoms with Crippen molar-refractivity contribution in [3.63, 3.8) is 0 Å². The summed E-state index contributed by atoms with van der Waals surface area (Å²) >= 11 is 5.75. The molecule has 0 aromatic carbocycles. The van der Waals surface area contributed by atoms with Gasteiger partial charge < -0.3 is 9.47 Å². The standard InChI is InChI=1S/C19H28ClFN2O3/c1-5-8-19(9-11-25-12-10-19)13-23(17(24)26-18(2,3)4)15-7-6-14(20)16(21)22-15/h6-7H,5,8-13H2,1-4H3. The number of halogens is 2. The number of hydrogen-bond donors (Lipinski definition) is 0. The minimum absolute atomic E-state index is 0.0766. The van der Waals surface area contributed by atoms with E-state index in [2.05, 4.69) is 11.9 Å². The van der Waals surface area contributed by atoms with E-state index >= 15 is 0 Å². The van der Waals surface area contributed by atoms with Crippen molar-refractivity contribution in [2.24, 2.45) is 5.41 Å². The number of nitrogens with zero attached hydrogens (tertiary/aromatic N) is 2. The third kappa shape index (κ3) is 5.55. The van der Waals surface area contributed by atoms with E-state index in [1.165, 1.54) is 11.0 Å². The molecule has 2 rings (SSSR count). The van der Waals surface area contributed by atoms with Crippen LogP contribution < -0.4 is 4.90 Å². The molecule has 1 aromatic heterocycles. The summed E-state index contributed by atoms with van der Waals surface area (Å²) in [6, 6.07) is 2.96. The van der Waals surface area contributed by atoms with Gasteiger partial charge in [-0.05, 0) is 57.6 Å². The topological polar surface area (TPSA) is 51.7 Å². The molecule has 0 bridgehead atoms. The molecule has 5 nitrogen and oxygen atoms in total. The van der Waals surface area contributed by atoms with Gasteiger partial charge in [-0.25, -0.2) is 9.78 Å². The third-order valence-corrected chi connectivity index (χ3v) is 4.79. The molecule has 0 atom stereocenters. The lowest BCUT2D eigenvalue weighted by Crippen LogP contribution is -2.46. The van der Waals surface area contributed by atoms with Crippen LogP contribution in [-0.4, -0.2) is 36.4 Å². The zero-order valence-electron chi connectivity index (χ0n) is 16.0. The van der Waals surface area contributed by atoms with Crippen LogP contribution in [-0.2, 0) is 9.47 Å². The van der Waals surface area contributed by atoms with Crippen molar-refractivity contribution in [3.05, 3.63) is 23.1 Å². The highest BCUT2D eigenvalue weighted by atomic mass is 35.5. The maximum atomic E-state index is 13.9. The number of rotatable bonds is 5. The van der Waals surface area contributed by atoms with Crippen molar-refractivity contribution >= 4 is 23.5 Å². The molecule has 0 saturated carbocycles. The number of carbonyl (C=O) groups excluding carboxylic acids is 1. The number of hydrogen-bond acceptors (Lipinski definition) is 4. The lowest BCUT2D eigenvalue weighted by molar-refractivity contribution is 0.0102. The maximum Gasteiger partial charge on any atom is 0.416 e. The molecule has 0 N–H and O–H groups in total. The zero-order valence-corrected chi connectivity index (χ0v) is 16.7. The summed E-state index contributed by atoms with van der Waals surface area (Å²) in [6.45, 7) is 9.25. The van der Waals surface area contributed by atoms with E-state index < -0.39 is 17.6 Å². The van der Waals surface area contributed by atoms with Crippen molar-refractivity contribution in [1.29, 1.82) is 0 Å². The Balaban J connectivity index is 2.35. The van der Waals surface area contributed by atoms with Crippen LogP contribution in [0.25, 0.3) is 0 Å². The minimum Gasteiger partial charge on any atom is -0.443 e. The Morgan fingerprint density at radius 1 is 1.38 bits per heavy atom. The molecule has 0 spiro atoms. The minimum atomic E-state index is -0.797. The van der Waals surface area contributed by atoms with Gasteiger partial charge in [-0.3, -0.25) is 4.90 Å². The second-order valence-electron chi connectivity index (χ2n) is 7.87. The molecule has 26 heavy (non-hydrogen) atoms. The predicted molar refractivity (Wildman–Crippen MR) is 100 cm³/mol. The first-order chi connectivity index (χ1) is 12.2. The smallest absolute Gasteiger partial charge is 0.416 e. The number of pyridine rings is 1. The first-order valence-electron chi connectivity index (χ1n) is 9.06. The molecular weight excluding hydrogens is 359 g/mol. The third-order valence-electron chi connectivity index (χ3n) is 4.51. The van der Waals surface area contributed by atoms with Crippen LogP contribution in [0.4, 0.5) is 15.0 Å². The van der Waals surface area contributed by atoms with Gasteiger partial charge >= 0.3 is 6.09 Å². The Kier molecular flexibility index (Phi) is 6.86. The van der Waals surface area contributed by atoms with Gasteiger partial charge in [0.05, 0.1) is 5.02 Å². The van der Waals surface area contributed by atoms with Gasteiger partial charge in [-0.1, -0.05) is 24.9 Å². The van der Waals surface area contributed by atoms with E-state index in [1.54, 1.807) is 26.8 Å². The summed E-state index contributed by atoms with van der Waals surface area (Å²) in [4.78, 5) is 18.2. The van der Waals surface area contributed by atoms with Crippen molar-refractivity contribution in [2.75, 3.05) is 24.7 Å². The van der Waals surface area contributed by atoms with Crippen LogP contribution >= 0.6 is 11.6 Å². The monoisotopic (exact) mass is 386 g/mol. The summed E-state index contributed by atoms with van der Waals surface area (Å²) < 4.78 is 25.0. The summed E-state index contributed by atoms with van der Waals surface area (Å²) in [6.07, 6.45) is 3.09. The Bertz CT molecular complexity index is 622. The first kappa shape index (κ1) is 20.9. The zero-order chi connectivity index (χ0) is 19.4.